The van der Waals surface area contributed by atoms with Crippen LogP contribution in [0.1, 0.15) is 56.5 Å². The summed E-state index contributed by atoms with van der Waals surface area (Å²) in [5.74, 6) is -2.63. The molecule has 0 saturated carbocycles. The quantitative estimate of drug-likeness (QED) is 0.672. The number of hydrogen-bond acceptors (Lipinski definition) is 5. The molecule has 26 heavy (non-hydrogen) atoms. The molecule has 0 spiro atoms. The minimum Gasteiger partial charge on any atom is -0.507 e. The van der Waals surface area contributed by atoms with E-state index in [4.69, 9.17) is 4.74 Å². The zero-order valence-electron chi connectivity index (χ0n) is 15.6. The van der Waals surface area contributed by atoms with E-state index in [2.05, 4.69) is 0 Å². The minimum atomic E-state index is -1.76. The van der Waals surface area contributed by atoms with Gasteiger partial charge in [-0.3, -0.25) is 4.79 Å². The van der Waals surface area contributed by atoms with Crippen LogP contribution in [0.4, 0.5) is 0 Å². The number of rotatable bonds is 1. The van der Waals surface area contributed by atoms with Crippen molar-refractivity contribution >= 4 is 5.78 Å². The van der Waals surface area contributed by atoms with Crippen molar-refractivity contribution in [3.8, 4) is 5.75 Å². The summed E-state index contributed by atoms with van der Waals surface area (Å²) in [5, 5.41) is 32.8. The highest BCUT2D eigenvalue weighted by Gasteiger charge is 2.68. The lowest BCUT2D eigenvalue weighted by molar-refractivity contribution is -0.368. The van der Waals surface area contributed by atoms with Gasteiger partial charge in [-0.15, -0.1) is 0 Å². The number of carbonyl (C=O) groups is 1. The Morgan fingerprint density at radius 1 is 1.27 bits per heavy atom. The van der Waals surface area contributed by atoms with E-state index < -0.39 is 28.8 Å². The van der Waals surface area contributed by atoms with Crippen LogP contribution in [0.3, 0.4) is 0 Å². The van der Waals surface area contributed by atoms with Crippen LogP contribution < -0.4 is 0 Å². The number of aliphatic hydroxyl groups is 2. The van der Waals surface area contributed by atoms with E-state index in [0.29, 0.717) is 18.4 Å². The van der Waals surface area contributed by atoms with E-state index in [-0.39, 0.29) is 23.0 Å². The van der Waals surface area contributed by atoms with Gasteiger partial charge in [0.2, 0.25) is 0 Å². The van der Waals surface area contributed by atoms with E-state index in [9.17, 15) is 20.1 Å². The third-order valence-corrected chi connectivity index (χ3v) is 6.92. The van der Waals surface area contributed by atoms with Gasteiger partial charge in [-0.1, -0.05) is 30.7 Å². The van der Waals surface area contributed by atoms with Gasteiger partial charge < -0.3 is 20.1 Å². The molecule has 1 aromatic rings. The maximum absolute atomic E-state index is 13.2. The monoisotopic (exact) mass is 358 g/mol. The average Bonchev–Trinajstić information content (AvgIpc) is 2.54. The Hall–Kier alpha value is -1.69. The number of hydrogen-bond donors (Lipinski definition) is 3. The number of allylic oxidation sites excluding steroid dienone is 2. The molecule has 0 aromatic heterocycles. The summed E-state index contributed by atoms with van der Waals surface area (Å²) >= 11 is 0. The molecule has 140 valence electrons. The summed E-state index contributed by atoms with van der Waals surface area (Å²) in [6.07, 6.45) is 2.48. The molecule has 3 aliphatic rings. The summed E-state index contributed by atoms with van der Waals surface area (Å²) in [6.45, 7) is 7.26. The summed E-state index contributed by atoms with van der Waals surface area (Å²) in [5.41, 5.74) is -0.458. The first-order chi connectivity index (χ1) is 12.0. The molecular weight excluding hydrogens is 332 g/mol. The Labute approximate surface area is 153 Å². The predicted molar refractivity (Wildman–Crippen MR) is 95.6 cm³/mol. The molecule has 1 heterocycles. The SMILES string of the molecule is CC1=CC[C@@H]2C(=O)c3c(O)cccc3[C@@]3(O)O[C@@H](C(C)(C)O)C[C@@H]1[C@@]23C. The molecule has 0 amide bonds. The predicted octanol–water partition coefficient (Wildman–Crippen LogP) is 2.88. The van der Waals surface area contributed by atoms with Crippen LogP contribution in [0, 0.1) is 17.3 Å². The first kappa shape index (κ1) is 17.7. The third-order valence-electron chi connectivity index (χ3n) is 6.92. The normalized spacial score (nSPS) is 39.1. The van der Waals surface area contributed by atoms with Crippen LogP contribution in [0.5, 0.6) is 5.75 Å². The largest absolute Gasteiger partial charge is 0.507 e. The van der Waals surface area contributed by atoms with Crippen molar-refractivity contribution in [2.75, 3.05) is 0 Å². The van der Waals surface area contributed by atoms with Crippen LogP contribution in [0.2, 0.25) is 0 Å². The fourth-order valence-corrected chi connectivity index (χ4v) is 5.33. The van der Waals surface area contributed by atoms with Gasteiger partial charge in [0.15, 0.2) is 11.6 Å². The molecule has 5 nitrogen and oxygen atoms in total. The number of aromatic hydroxyl groups is 1. The van der Waals surface area contributed by atoms with Crippen molar-refractivity contribution < 1.29 is 24.9 Å². The zero-order valence-corrected chi connectivity index (χ0v) is 15.6. The lowest BCUT2D eigenvalue weighted by atomic mass is 9.49. The van der Waals surface area contributed by atoms with Gasteiger partial charge in [0.1, 0.15) is 5.75 Å². The number of ether oxygens (including phenoxy) is 1. The lowest BCUT2D eigenvalue weighted by Gasteiger charge is -2.62. The number of Topliss-reactive ketones (excluding diaryl/α,β-unsaturated/α-hetero) is 1. The maximum atomic E-state index is 13.2. The van der Waals surface area contributed by atoms with Gasteiger partial charge in [0, 0.05) is 16.9 Å². The van der Waals surface area contributed by atoms with Crippen LogP contribution in [0.15, 0.2) is 29.8 Å². The van der Waals surface area contributed by atoms with Crippen LogP contribution >= 0.6 is 0 Å². The van der Waals surface area contributed by atoms with Gasteiger partial charge >= 0.3 is 0 Å². The molecule has 0 bridgehead atoms. The number of phenols is 1. The van der Waals surface area contributed by atoms with Crippen molar-refractivity contribution in [3.63, 3.8) is 0 Å². The smallest absolute Gasteiger partial charge is 0.200 e. The third kappa shape index (κ3) is 1.99. The van der Waals surface area contributed by atoms with Crippen molar-refractivity contribution in [2.45, 2.75) is 58.0 Å². The molecule has 5 atom stereocenters. The highest BCUT2D eigenvalue weighted by Crippen LogP contribution is 2.65. The standard InChI is InChI=1S/C21H26O5/c1-11-8-9-13-18(23)17-12(6-5-7-15(17)22)21(25)20(13,4)14(11)10-16(26-21)19(2,3)24/h5-8,13-14,16,22,24-25H,9-10H2,1-4H3/t13-,14+,16-,20-,21-/m1/s1. The van der Waals surface area contributed by atoms with Crippen molar-refractivity contribution in [1.29, 1.82) is 0 Å². The Morgan fingerprint density at radius 3 is 2.62 bits per heavy atom. The van der Waals surface area contributed by atoms with Gasteiger partial charge in [-0.25, -0.2) is 0 Å². The second-order valence-electron chi connectivity index (χ2n) is 8.78. The molecule has 2 aliphatic carbocycles. The molecule has 1 saturated heterocycles. The molecule has 1 aliphatic heterocycles. The Morgan fingerprint density at radius 2 is 1.96 bits per heavy atom. The van der Waals surface area contributed by atoms with Crippen molar-refractivity contribution in [1.82, 2.24) is 0 Å². The molecule has 3 N–H and O–H groups in total. The highest BCUT2D eigenvalue weighted by atomic mass is 16.6. The van der Waals surface area contributed by atoms with E-state index in [1.54, 1.807) is 26.0 Å². The van der Waals surface area contributed by atoms with Crippen LogP contribution in [-0.2, 0) is 10.5 Å². The Balaban J connectivity index is 2.01. The van der Waals surface area contributed by atoms with Crippen molar-refractivity contribution in [2.24, 2.45) is 17.3 Å². The highest BCUT2D eigenvalue weighted by molar-refractivity contribution is 6.04. The summed E-state index contributed by atoms with van der Waals surface area (Å²) in [6, 6.07) is 4.72. The zero-order chi connectivity index (χ0) is 19.1. The Kier molecular flexibility index (Phi) is 3.53. The van der Waals surface area contributed by atoms with E-state index in [1.807, 2.05) is 19.9 Å². The van der Waals surface area contributed by atoms with E-state index >= 15 is 0 Å². The topological polar surface area (TPSA) is 87.0 Å². The average molecular weight is 358 g/mol. The second-order valence-corrected chi connectivity index (χ2v) is 8.78. The molecule has 5 heteroatoms. The lowest BCUT2D eigenvalue weighted by Crippen LogP contribution is -2.67. The number of ketones is 1. The minimum absolute atomic E-state index is 0.101. The van der Waals surface area contributed by atoms with Gasteiger partial charge in [0.05, 0.1) is 17.3 Å². The van der Waals surface area contributed by atoms with Crippen LogP contribution in [0.25, 0.3) is 0 Å². The molecule has 1 aromatic carbocycles. The molecular formula is C21H26O5. The number of carbonyl (C=O) groups excluding carboxylic acids is 1. The molecule has 4 rings (SSSR count). The van der Waals surface area contributed by atoms with E-state index in [0.717, 1.165) is 5.57 Å². The van der Waals surface area contributed by atoms with Crippen LogP contribution in [-0.4, -0.2) is 32.8 Å². The Bertz CT molecular complexity index is 820. The van der Waals surface area contributed by atoms with Crippen molar-refractivity contribution in [3.05, 3.63) is 41.0 Å². The summed E-state index contributed by atoms with van der Waals surface area (Å²) in [7, 11) is 0. The second kappa shape index (κ2) is 5.18. The first-order valence-electron chi connectivity index (χ1n) is 9.17. The number of benzene rings is 1. The maximum Gasteiger partial charge on any atom is 0.200 e. The van der Waals surface area contributed by atoms with E-state index in [1.165, 1.54) is 6.07 Å². The molecule has 0 unspecified atom stereocenters. The molecule has 0 radical (unpaired) electrons. The van der Waals surface area contributed by atoms with Gasteiger partial charge in [-0.05, 0) is 45.6 Å². The van der Waals surface area contributed by atoms with Gasteiger partial charge in [-0.2, -0.15) is 0 Å². The first-order valence-corrected chi connectivity index (χ1v) is 9.17. The van der Waals surface area contributed by atoms with Gasteiger partial charge in [0.25, 0.3) is 0 Å². The number of phenolic OH excluding ortho intramolecular Hbond substituents is 1. The summed E-state index contributed by atoms with van der Waals surface area (Å²) in [4.78, 5) is 13.2. The fraction of sp³-hybridized carbons (Fsp3) is 0.571. The fourth-order valence-electron chi connectivity index (χ4n) is 5.33. The number of fused-ring (bicyclic) bond motifs is 2. The summed E-state index contributed by atoms with van der Waals surface area (Å²) < 4.78 is 6.17. The molecule has 1 fully saturated rings.